The molecule has 1 aliphatic rings. The summed E-state index contributed by atoms with van der Waals surface area (Å²) in [4.78, 5) is 13.2. The maximum atomic E-state index is 4.65. The summed E-state index contributed by atoms with van der Waals surface area (Å²) in [5, 5.41) is 9.43. The Morgan fingerprint density at radius 3 is 3.05 bits per heavy atom. The third-order valence-electron chi connectivity index (χ3n) is 3.49. The van der Waals surface area contributed by atoms with Crippen molar-refractivity contribution < 1.29 is 0 Å². The van der Waals surface area contributed by atoms with Crippen LogP contribution in [0.25, 0.3) is 21.9 Å². The molecule has 0 radical (unpaired) electrons. The van der Waals surface area contributed by atoms with Crippen molar-refractivity contribution in [3.63, 3.8) is 0 Å². The molecule has 6 nitrogen and oxygen atoms in total. The average molecular weight is 290 g/mol. The lowest BCUT2D eigenvalue weighted by atomic mass is 10.1. The van der Waals surface area contributed by atoms with Gasteiger partial charge in [-0.05, 0) is 18.2 Å². The van der Waals surface area contributed by atoms with Gasteiger partial charge in [-0.3, -0.25) is 0 Å². The summed E-state index contributed by atoms with van der Waals surface area (Å²) in [6, 6.07) is 12.1. The van der Waals surface area contributed by atoms with Crippen molar-refractivity contribution in [1.29, 1.82) is 0 Å². The topological polar surface area (TPSA) is 74.6 Å². The van der Waals surface area contributed by atoms with Crippen LogP contribution in [0.1, 0.15) is 5.56 Å². The zero-order valence-corrected chi connectivity index (χ0v) is 11.8. The van der Waals surface area contributed by atoms with Crippen LogP contribution in [0.15, 0.2) is 52.7 Å². The van der Waals surface area contributed by atoms with Gasteiger partial charge in [0.05, 0.1) is 18.3 Å². The molecule has 6 heteroatoms. The number of hydrogen-bond acceptors (Lipinski definition) is 6. The predicted octanol–water partition coefficient (Wildman–Crippen LogP) is 1.67. The second kappa shape index (κ2) is 5.40. The van der Waals surface area contributed by atoms with E-state index in [1.165, 1.54) is 0 Å². The van der Waals surface area contributed by atoms with Gasteiger partial charge in [0.15, 0.2) is 5.65 Å². The number of aliphatic imine (C=N–C) groups is 1. The normalized spacial score (nSPS) is 14.5. The Morgan fingerprint density at radius 2 is 2.14 bits per heavy atom. The molecule has 1 aliphatic heterocycles. The molecule has 2 N–H and O–H groups in total. The summed E-state index contributed by atoms with van der Waals surface area (Å²) in [5.41, 5.74) is 5.47. The zero-order valence-electron chi connectivity index (χ0n) is 11.8. The third-order valence-corrected chi connectivity index (χ3v) is 3.49. The molecule has 3 heterocycles. The Kier molecular flexibility index (Phi) is 3.12. The fourth-order valence-corrected chi connectivity index (χ4v) is 2.45. The second-order valence-corrected chi connectivity index (χ2v) is 4.98. The van der Waals surface area contributed by atoms with Crippen molar-refractivity contribution in [1.82, 2.24) is 20.7 Å². The first-order chi connectivity index (χ1) is 10.9. The van der Waals surface area contributed by atoms with E-state index >= 15 is 0 Å². The lowest BCUT2D eigenvalue weighted by Gasteiger charge is -2.04. The molecule has 0 fully saturated rings. The number of nitrogens with zero attached hydrogens (tertiary/aromatic N) is 4. The van der Waals surface area contributed by atoms with E-state index in [0.717, 1.165) is 40.6 Å². The van der Waals surface area contributed by atoms with Crippen molar-refractivity contribution in [2.24, 2.45) is 10.1 Å². The largest absolute Gasteiger partial charge is 0.353 e. The first-order valence-corrected chi connectivity index (χ1v) is 7.12. The zero-order chi connectivity index (χ0) is 14.8. The molecule has 22 heavy (non-hydrogen) atoms. The molecule has 108 valence electrons. The first kappa shape index (κ1) is 12.7. The summed E-state index contributed by atoms with van der Waals surface area (Å²) in [6.07, 6.45) is 3.51. The summed E-state index contributed by atoms with van der Waals surface area (Å²) in [7, 11) is 0. The van der Waals surface area contributed by atoms with E-state index in [-0.39, 0.29) is 0 Å². The standard InChI is InChI=1S/C16H14N6/c1-3-11-9-12-5-2-6-17-15(12)21-14(11)13(4-1)10-20-22-16-18-7-8-19-16/h1-6,9-10H,7-8H2,(H2,18,19,22)/b20-10-. The van der Waals surface area contributed by atoms with Gasteiger partial charge in [-0.25, -0.2) is 20.4 Å². The first-order valence-electron chi connectivity index (χ1n) is 7.12. The summed E-state index contributed by atoms with van der Waals surface area (Å²) in [6.45, 7) is 1.64. The quantitative estimate of drug-likeness (QED) is 0.428. The van der Waals surface area contributed by atoms with Crippen LogP contribution in [-0.4, -0.2) is 35.2 Å². The highest BCUT2D eigenvalue weighted by Gasteiger charge is 2.05. The van der Waals surface area contributed by atoms with Gasteiger partial charge < -0.3 is 5.32 Å². The summed E-state index contributed by atoms with van der Waals surface area (Å²) >= 11 is 0. The van der Waals surface area contributed by atoms with E-state index in [4.69, 9.17) is 0 Å². The minimum Gasteiger partial charge on any atom is -0.353 e. The van der Waals surface area contributed by atoms with Crippen LogP contribution in [0.3, 0.4) is 0 Å². The monoisotopic (exact) mass is 290 g/mol. The van der Waals surface area contributed by atoms with Crippen LogP contribution in [0.2, 0.25) is 0 Å². The fraction of sp³-hybridized carbons (Fsp3) is 0.125. The lowest BCUT2D eigenvalue weighted by molar-refractivity contribution is 0.920. The summed E-state index contributed by atoms with van der Waals surface area (Å²) in [5.74, 6) is 0.705. The highest BCUT2D eigenvalue weighted by atomic mass is 15.4. The molecule has 4 rings (SSSR count). The number of hydrazone groups is 1. The minimum absolute atomic E-state index is 0.705. The highest BCUT2D eigenvalue weighted by Crippen LogP contribution is 2.20. The van der Waals surface area contributed by atoms with E-state index in [1.54, 1.807) is 12.4 Å². The molecule has 0 bridgehead atoms. The predicted molar refractivity (Wildman–Crippen MR) is 88.1 cm³/mol. The van der Waals surface area contributed by atoms with Crippen LogP contribution in [0.4, 0.5) is 0 Å². The molecule has 0 amide bonds. The number of hydrogen-bond donors (Lipinski definition) is 2. The number of guanidine groups is 1. The average Bonchev–Trinajstić information content (AvgIpc) is 3.07. The molecule has 2 aromatic heterocycles. The van der Waals surface area contributed by atoms with Gasteiger partial charge in [-0.2, -0.15) is 5.10 Å². The maximum Gasteiger partial charge on any atom is 0.212 e. The van der Waals surface area contributed by atoms with Crippen molar-refractivity contribution in [2.75, 3.05) is 13.1 Å². The second-order valence-electron chi connectivity index (χ2n) is 4.98. The SMILES string of the molecule is C(=N/NC1=NCCN1)/c1cccc2cc3cccnc3nc12. The number of fused-ring (bicyclic) bond motifs is 2. The van der Waals surface area contributed by atoms with Crippen LogP contribution in [0.5, 0.6) is 0 Å². The molecule has 1 aromatic carbocycles. The van der Waals surface area contributed by atoms with Crippen molar-refractivity contribution in [3.8, 4) is 0 Å². The molecule has 0 unspecified atom stereocenters. The van der Waals surface area contributed by atoms with E-state index in [0.29, 0.717) is 5.96 Å². The van der Waals surface area contributed by atoms with Gasteiger partial charge in [0.1, 0.15) is 0 Å². The molecule has 3 aromatic rings. The number of rotatable bonds is 2. The number of aromatic nitrogens is 2. The van der Waals surface area contributed by atoms with Gasteiger partial charge >= 0.3 is 0 Å². The third kappa shape index (κ3) is 2.35. The molecule has 0 aliphatic carbocycles. The van der Waals surface area contributed by atoms with Crippen molar-refractivity contribution in [2.45, 2.75) is 0 Å². The fourth-order valence-electron chi connectivity index (χ4n) is 2.45. The maximum absolute atomic E-state index is 4.65. The van der Waals surface area contributed by atoms with Gasteiger partial charge in [-0.15, -0.1) is 0 Å². The molecule has 0 saturated carbocycles. The number of nitrogens with one attached hydrogen (secondary N) is 2. The highest BCUT2D eigenvalue weighted by molar-refractivity contribution is 6.01. The molecule has 0 spiro atoms. The van der Waals surface area contributed by atoms with E-state index in [1.807, 2.05) is 30.3 Å². The van der Waals surface area contributed by atoms with Gasteiger partial charge in [0.2, 0.25) is 5.96 Å². The van der Waals surface area contributed by atoms with Gasteiger partial charge in [-0.1, -0.05) is 18.2 Å². The smallest absolute Gasteiger partial charge is 0.212 e. The molecule has 0 saturated heterocycles. The Morgan fingerprint density at radius 1 is 1.18 bits per heavy atom. The van der Waals surface area contributed by atoms with Crippen LogP contribution >= 0.6 is 0 Å². The van der Waals surface area contributed by atoms with Crippen LogP contribution in [0, 0.1) is 0 Å². The molecule has 0 atom stereocenters. The lowest BCUT2D eigenvalue weighted by Crippen LogP contribution is -2.30. The van der Waals surface area contributed by atoms with Gasteiger partial charge in [0.25, 0.3) is 0 Å². The van der Waals surface area contributed by atoms with Crippen LogP contribution in [-0.2, 0) is 0 Å². The number of benzene rings is 1. The Labute approximate surface area is 127 Å². The van der Waals surface area contributed by atoms with Crippen molar-refractivity contribution in [3.05, 3.63) is 48.2 Å². The van der Waals surface area contributed by atoms with E-state index in [9.17, 15) is 0 Å². The molecular weight excluding hydrogens is 276 g/mol. The Balaban J connectivity index is 1.73. The van der Waals surface area contributed by atoms with Crippen molar-refractivity contribution >= 4 is 34.1 Å². The number of para-hydroxylation sites is 1. The Bertz CT molecular complexity index is 899. The Hall–Kier alpha value is -3.02. The van der Waals surface area contributed by atoms with Gasteiger partial charge in [0, 0.05) is 29.1 Å². The summed E-state index contributed by atoms with van der Waals surface area (Å²) < 4.78 is 0. The van der Waals surface area contributed by atoms with E-state index in [2.05, 4.69) is 36.9 Å². The minimum atomic E-state index is 0.705. The molecular formula is C16H14N6. The van der Waals surface area contributed by atoms with E-state index < -0.39 is 0 Å². The van der Waals surface area contributed by atoms with Crippen LogP contribution < -0.4 is 10.7 Å². The number of pyridine rings is 2.